The molecular weight excluding hydrogens is 572 g/mol. The molecule has 5 rings (SSSR count). The number of methoxy groups -OCH3 is 1. The molecule has 1 aliphatic carbocycles. The highest BCUT2D eigenvalue weighted by Gasteiger charge is 2.42. The van der Waals surface area contributed by atoms with E-state index in [1.54, 1.807) is 32.0 Å². The Kier molecular flexibility index (Phi) is 9.20. The number of ketones is 2. The number of rotatable bonds is 10. The molecule has 45 heavy (non-hydrogen) atoms. The van der Waals surface area contributed by atoms with Crippen molar-refractivity contribution in [3.05, 3.63) is 53.3 Å². The molecule has 2 heterocycles. The van der Waals surface area contributed by atoms with E-state index in [1.807, 2.05) is 45.0 Å². The molecule has 3 atom stereocenters. The molecule has 1 aromatic heterocycles. The van der Waals surface area contributed by atoms with E-state index in [2.05, 4.69) is 25.9 Å². The Morgan fingerprint density at radius 2 is 1.84 bits per heavy atom. The summed E-state index contributed by atoms with van der Waals surface area (Å²) in [5.41, 5.74) is 3.62. The zero-order valence-corrected chi connectivity index (χ0v) is 26.8. The number of nitrogens with one attached hydrogen (secondary N) is 3. The summed E-state index contributed by atoms with van der Waals surface area (Å²) in [6, 6.07) is 7.66. The van der Waals surface area contributed by atoms with Crippen molar-refractivity contribution in [3.63, 3.8) is 0 Å². The van der Waals surface area contributed by atoms with Crippen LogP contribution < -0.4 is 20.7 Å². The Labute approximate surface area is 263 Å². The normalized spacial score (nSPS) is 17.6. The first-order valence-corrected chi connectivity index (χ1v) is 15.4. The van der Waals surface area contributed by atoms with Gasteiger partial charge in [-0.15, -0.1) is 0 Å². The van der Waals surface area contributed by atoms with Crippen molar-refractivity contribution in [2.45, 2.75) is 77.9 Å². The summed E-state index contributed by atoms with van der Waals surface area (Å²) in [7, 11) is 3.24. The fourth-order valence-electron chi connectivity index (χ4n) is 6.10. The number of carbonyl (C=O) groups is 4. The Hall–Kier alpha value is -4.38. The number of amides is 2. The molecule has 1 fully saturated rings. The molecule has 11 heteroatoms. The van der Waals surface area contributed by atoms with E-state index in [0.717, 1.165) is 16.8 Å². The third kappa shape index (κ3) is 6.83. The average molecular weight is 615 g/mol. The van der Waals surface area contributed by atoms with Crippen molar-refractivity contribution in [1.82, 2.24) is 25.5 Å². The minimum atomic E-state index is -0.785. The van der Waals surface area contributed by atoms with Gasteiger partial charge in [-0.2, -0.15) is 0 Å². The van der Waals surface area contributed by atoms with Crippen LogP contribution >= 0.6 is 0 Å². The minimum Gasteiger partial charge on any atom is -0.496 e. The van der Waals surface area contributed by atoms with E-state index in [-0.39, 0.29) is 29.8 Å². The Morgan fingerprint density at radius 3 is 2.56 bits per heavy atom. The lowest BCUT2D eigenvalue weighted by atomic mass is 9.85. The summed E-state index contributed by atoms with van der Waals surface area (Å²) in [5, 5.41) is 9.90. The standard InChI is InChI=1S/C34H42N6O5/c1-19(35-5)32(43)39-30(34(2,3)4)33(44)40-11-7-8-27(40)28(42)16-22-15-25-26(17-29(22)45-6)36-18-37-31(25)38-23-10-9-20-13-24(41)14-21(20)12-23/h9-10,12,15,17-19,27,30,35H,7-8,11,13-14,16H2,1-6H3,(H,39,43)(H,36,37,38)/t19-,27-,30+/m0/s1. The van der Waals surface area contributed by atoms with Gasteiger partial charge in [-0.1, -0.05) is 26.8 Å². The predicted octanol–water partition coefficient (Wildman–Crippen LogP) is 3.29. The molecule has 0 spiro atoms. The van der Waals surface area contributed by atoms with Crippen LogP contribution in [0, 0.1) is 5.41 Å². The number of Topliss-reactive ketones (excluding diaryl/α,β-unsaturated/α-hetero) is 2. The van der Waals surface area contributed by atoms with E-state index < -0.39 is 23.5 Å². The van der Waals surface area contributed by atoms with Crippen LogP contribution in [0.2, 0.25) is 0 Å². The van der Waals surface area contributed by atoms with Gasteiger partial charge >= 0.3 is 0 Å². The predicted molar refractivity (Wildman–Crippen MR) is 172 cm³/mol. The number of likely N-dealkylation sites (N-methyl/N-ethyl adjacent to an activating group) is 1. The van der Waals surface area contributed by atoms with Gasteiger partial charge < -0.3 is 25.6 Å². The highest BCUT2D eigenvalue weighted by atomic mass is 16.5. The van der Waals surface area contributed by atoms with Gasteiger partial charge in [-0.3, -0.25) is 19.2 Å². The number of fused-ring (bicyclic) bond motifs is 2. The molecule has 1 aliphatic heterocycles. The zero-order chi connectivity index (χ0) is 32.5. The average Bonchev–Trinajstić information content (AvgIpc) is 3.64. The number of nitrogens with zero attached hydrogens (tertiary/aromatic N) is 3. The Balaban J connectivity index is 1.39. The zero-order valence-electron chi connectivity index (χ0n) is 26.8. The summed E-state index contributed by atoms with van der Waals surface area (Å²) >= 11 is 0. The van der Waals surface area contributed by atoms with Crippen molar-refractivity contribution in [2.75, 3.05) is 26.0 Å². The lowest BCUT2D eigenvalue weighted by molar-refractivity contribution is -0.143. The van der Waals surface area contributed by atoms with E-state index in [9.17, 15) is 19.2 Å². The van der Waals surface area contributed by atoms with Crippen molar-refractivity contribution in [2.24, 2.45) is 5.41 Å². The molecule has 11 nitrogen and oxygen atoms in total. The molecule has 2 aromatic carbocycles. The van der Waals surface area contributed by atoms with Crippen LogP contribution in [0.15, 0.2) is 36.7 Å². The van der Waals surface area contributed by atoms with Crippen molar-refractivity contribution < 1.29 is 23.9 Å². The summed E-state index contributed by atoms with van der Waals surface area (Å²) < 4.78 is 5.67. The third-order valence-corrected chi connectivity index (χ3v) is 8.78. The first-order chi connectivity index (χ1) is 21.4. The van der Waals surface area contributed by atoms with Gasteiger partial charge in [0.05, 0.1) is 24.7 Å². The quantitative estimate of drug-likeness (QED) is 0.314. The second-order valence-electron chi connectivity index (χ2n) is 13.1. The topological polar surface area (TPSA) is 143 Å². The van der Waals surface area contributed by atoms with Crippen molar-refractivity contribution in [1.29, 1.82) is 0 Å². The number of hydrogen-bond donors (Lipinski definition) is 3. The number of hydrogen-bond acceptors (Lipinski definition) is 9. The van der Waals surface area contributed by atoms with Crippen LogP contribution in [-0.4, -0.2) is 77.1 Å². The number of benzene rings is 2. The van der Waals surface area contributed by atoms with Gasteiger partial charge in [0, 0.05) is 48.5 Å². The van der Waals surface area contributed by atoms with Crippen LogP contribution in [0.3, 0.4) is 0 Å². The number of aromatic nitrogens is 2. The van der Waals surface area contributed by atoms with E-state index >= 15 is 0 Å². The second-order valence-corrected chi connectivity index (χ2v) is 13.1. The minimum absolute atomic E-state index is 0.0478. The smallest absolute Gasteiger partial charge is 0.246 e. The van der Waals surface area contributed by atoms with Crippen molar-refractivity contribution in [3.8, 4) is 5.75 Å². The maximum absolute atomic E-state index is 13.9. The largest absolute Gasteiger partial charge is 0.496 e. The molecule has 3 aromatic rings. The first-order valence-electron chi connectivity index (χ1n) is 15.4. The fourth-order valence-corrected chi connectivity index (χ4v) is 6.10. The summed E-state index contributed by atoms with van der Waals surface area (Å²) in [6.45, 7) is 7.90. The molecule has 2 aliphatic rings. The molecule has 0 bridgehead atoms. The summed E-state index contributed by atoms with van der Waals surface area (Å²) in [6.07, 6.45) is 3.66. The fraction of sp³-hybridized carbons (Fsp3) is 0.471. The van der Waals surface area contributed by atoms with Gasteiger partial charge in [0.2, 0.25) is 11.8 Å². The van der Waals surface area contributed by atoms with Crippen LogP contribution in [-0.2, 0) is 38.4 Å². The SMILES string of the molecule is CN[C@@H](C)C(=O)N[C@H](C(=O)N1CCC[C@H]1C(=O)Cc1cc2c(Nc3ccc4c(c3)CC(=O)C4)ncnc2cc1OC)C(C)(C)C. The van der Waals surface area contributed by atoms with Gasteiger partial charge in [0.25, 0.3) is 0 Å². The second kappa shape index (κ2) is 12.9. The summed E-state index contributed by atoms with van der Waals surface area (Å²) in [4.78, 5) is 62.9. The Bertz CT molecular complexity index is 1650. The van der Waals surface area contributed by atoms with Gasteiger partial charge in [0.1, 0.15) is 29.7 Å². The maximum atomic E-state index is 13.9. The Morgan fingerprint density at radius 1 is 1.09 bits per heavy atom. The highest BCUT2D eigenvalue weighted by Crippen LogP contribution is 2.33. The lowest BCUT2D eigenvalue weighted by Crippen LogP contribution is -2.58. The van der Waals surface area contributed by atoms with Crippen LogP contribution in [0.1, 0.15) is 57.2 Å². The van der Waals surface area contributed by atoms with Gasteiger partial charge in [0.15, 0.2) is 5.78 Å². The molecule has 238 valence electrons. The van der Waals surface area contributed by atoms with Crippen LogP contribution in [0.25, 0.3) is 10.9 Å². The number of carbonyl (C=O) groups excluding carboxylic acids is 4. The van der Waals surface area contributed by atoms with E-state index in [0.29, 0.717) is 60.3 Å². The van der Waals surface area contributed by atoms with Gasteiger partial charge in [-0.05, 0) is 61.6 Å². The van der Waals surface area contributed by atoms with E-state index in [1.165, 1.54) is 6.33 Å². The first kappa shape index (κ1) is 32.0. The van der Waals surface area contributed by atoms with Crippen LogP contribution in [0.4, 0.5) is 11.5 Å². The highest BCUT2D eigenvalue weighted by molar-refractivity contribution is 5.97. The van der Waals surface area contributed by atoms with Crippen LogP contribution in [0.5, 0.6) is 5.75 Å². The number of likely N-dealkylation sites (tertiary alicyclic amines) is 1. The van der Waals surface area contributed by atoms with Crippen molar-refractivity contribution >= 4 is 45.8 Å². The third-order valence-electron chi connectivity index (χ3n) is 8.78. The monoisotopic (exact) mass is 614 g/mol. The van der Waals surface area contributed by atoms with Gasteiger partial charge in [-0.25, -0.2) is 9.97 Å². The summed E-state index contributed by atoms with van der Waals surface area (Å²) in [5.74, 6) is 0.674. The molecular formula is C34H42N6O5. The molecule has 0 unspecified atom stereocenters. The molecule has 1 saturated heterocycles. The molecule has 0 saturated carbocycles. The lowest BCUT2D eigenvalue weighted by Gasteiger charge is -2.36. The number of ether oxygens (including phenoxy) is 1. The number of anilines is 2. The maximum Gasteiger partial charge on any atom is 0.246 e. The van der Waals surface area contributed by atoms with E-state index in [4.69, 9.17) is 4.74 Å². The molecule has 3 N–H and O–H groups in total. The molecule has 0 radical (unpaired) electrons. The molecule has 2 amide bonds.